The highest BCUT2D eigenvalue weighted by atomic mass is 79.9. The van der Waals surface area contributed by atoms with Gasteiger partial charge in [-0.05, 0) is 48.0 Å². The molecule has 1 aliphatic heterocycles. The van der Waals surface area contributed by atoms with Crippen molar-refractivity contribution in [3.8, 4) is 0 Å². The fourth-order valence-corrected chi connectivity index (χ4v) is 4.05. The summed E-state index contributed by atoms with van der Waals surface area (Å²) < 4.78 is 1.43. The van der Waals surface area contributed by atoms with Crippen LogP contribution in [0.15, 0.2) is 57.9 Å². The first-order valence-electron chi connectivity index (χ1n) is 7.35. The second kappa shape index (κ2) is 7.51. The molecule has 0 atom stereocenters. The van der Waals surface area contributed by atoms with E-state index in [0.29, 0.717) is 20.6 Å². The van der Waals surface area contributed by atoms with Gasteiger partial charge in [0, 0.05) is 17.1 Å². The third-order valence-corrected chi connectivity index (χ3v) is 5.18. The zero-order valence-electron chi connectivity index (χ0n) is 13.2. The monoisotopic (exact) mass is 432 g/mol. The first-order chi connectivity index (χ1) is 11.9. The number of amides is 2. The molecule has 126 valence electrons. The molecule has 0 spiro atoms. The van der Waals surface area contributed by atoms with E-state index in [1.807, 2.05) is 30.3 Å². The Morgan fingerprint density at radius 2 is 1.96 bits per heavy atom. The lowest BCUT2D eigenvalue weighted by Gasteiger charge is -2.15. The second-order valence-corrected chi connectivity index (χ2v) is 7.89. The molecule has 3 rings (SSSR count). The number of thioether (sulfide) groups is 1. The number of anilines is 2. The molecule has 0 bridgehead atoms. The Labute approximate surface area is 163 Å². The van der Waals surface area contributed by atoms with Crippen LogP contribution in [0.25, 0.3) is 6.08 Å². The molecule has 0 aliphatic carbocycles. The highest BCUT2D eigenvalue weighted by molar-refractivity contribution is 9.10. The van der Waals surface area contributed by atoms with Gasteiger partial charge in [-0.15, -0.1) is 0 Å². The smallest absolute Gasteiger partial charge is 0.270 e. The van der Waals surface area contributed by atoms with Crippen LogP contribution in [0, 0.1) is 0 Å². The number of thiocarbonyl (C=S) groups is 1. The standard InChI is InChI=1S/C18H13BrN2O2S2/c1-11(22)20-14-5-7-15(8-6-14)21-17(23)16(25-18(21)24)10-12-3-2-4-13(19)9-12/h2-10H,1H3,(H,20,22)/b16-10-. The maximum Gasteiger partial charge on any atom is 0.270 e. The number of rotatable bonds is 3. The summed E-state index contributed by atoms with van der Waals surface area (Å²) in [6, 6.07) is 14.7. The van der Waals surface area contributed by atoms with Crippen LogP contribution in [0.4, 0.5) is 11.4 Å². The number of nitrogens with one attached hydrogen (secondary N) is 1. The van der Waals surface area contributed by atoms with Crippen molar-refractivity contribution in [2.75, 3.05) is 10.2 Å². The van der Waals surface area contributed by atoms with Crippen LogP contribution >= 0.6 is 39.9 Å². The predicted molar refractivity (Wildman–Crippen MR) is 111 cm³/mol. The molecule has 0 saturated carbocycles. The van der Waals surface area contributed by atoms with Gasteiger partial charge in [-0.25, -0.2) is 0 Å². The maximum atomic E-state index is 12.7. The SMILES string of the molecule is CC(=O)Nc1ccc(N2C(=O)/C(=C/c3cccc(Br)c3)SC2=S)cc1. The zero-order chi connectivity index (χ0) is 18.0. The zero-order valence-corrected chi connectivity index (χ0v) is 16.4. The van der Waals surface area contributed by atoms with E-state index in [1.165, 1.54) is 23.6 Å². The largest absolute Gasteiger partial charge is 0.326 e. The molecule has 0 radical (unpaired) electrons. The molecule has 0 aromatic heterocycles. The lowest BCUT2D eigenvalue weighted by atomic mass is 10.2. The number of benzene rings is 2. The molecule has 1 saturated heterocycles. The Hall–Kier alpha value is -1.96. The summed E-state index contributed by atoms with van der Waals surface area (Å²) in [5.41, 5.74) is 2.27. The van der Waals surface area contributed by atoms with E-state index in [1.54, 1.807) is 24.3 Å². The molecule has 2 amide bonds. The minimum absolute atomic E-state index is 0.143. The van der Waals surface area contributed by atoms with Gasteiger partial charge < -0.3 is 5.32 Å². The van der Waals surface area contributed by atoms with Crippen LogP contribution < -0.4 is 10.2 Å². The maximum absolute atomic E-state index is 12.7. The molecule has 0 unspecified atom stereocenters. The van der Waals surface area contributed by atoms with Gasteiger partial charge in [0.2, 0.25) is 5.91 Å². The first kappa shape index (κ1) is 17.8. The molecule has 1 fully saturated rings. The molecule has 1 heterocycles. The second-order valence-electron chi connectivity index (χ2n) is 5.30. The molecular formula is C18H13BrN2O2S2. The van der Waals surface area contributed by atoms with Crippen molar-refractivity contribution >= 4 is 73.5 Å². The van der Waals surface area contributed by atoms with Crippen LogP contribution in [0.3, 0.4) is 0 Å². The van der Waals surface area contributed by atoms with Gasteiger partial charge in [0.15, 0.2) is 4.32 Å². The summed E-state index contributed by atoms with van der Waals surface area (Å²) in [6.07, 6.45) is 1.83. The fourth-order valence-electron chi connectivity index (χ4n) is 2.34. The van der Waals surface area contributed by atoms with E-state index in [0.717, 1.165) is 10.0 Å². The quantitative estimate of drug-likeness (QED) is 0.558. The molecule has 1 N–H and O–H groups in total. The van der Waals surface area contributed by atoms with Crippen molar-refractivity contribution in [1.82, 2.24) is 0 Å². The van der Waals surface area contributed by atoms with Crippen molar-refractivity contribution < 1.29 is 9.59 Å². The van der Waals surface area contributed by atoms with E-state index >= 15 is 0 Å². The molecule has 7 heteroatoms. The summed E-state index contributed by atoms with van der Waals surface area (Å²) in [4.78, 5) is 25.9. The van der Waals surface area contributed by atoms with Crippen LogP contribution in [0.1, 0.15) is 12.5 Å². The van der Waals surface area contributed by atoms with Gasteiger partial charge >= 0.3 is 0 Å². The highest BCUT2D eigenvalue weighted by Gasteiger charge is 2.33. The van der Waals surface area contributed by atoms with Gasteiger partial charge in [0.05, 0.1) is 10.6 Å². The molecule has 2 aromatic rings. The summed E-state index contributed by atoms with van der Waals surface area (Å²) in [7, 11) is 0. The number of carbonyl (C=O) groups is 2. The molecule has 1 aliphatic rings. The summed E-state index contributed by atoms with van der Waals surface area (Å²) in [5.74, 6) is -0.294. The number of hydrogen-bond acceptors (Lipinski definition) is 4. The van der Waals surface area contributed by atoms with Gasteiger partial charge in [0.1, 0.15) is 0 Å². The van der Waals surface area contributed by atoms with Gasteiger partial charge in [-0.2, -0.15) is 0 Å². The van der Waals surface area contributed by atoms with Crippen molar-refractivity contribution in [3.05, 3.63) is 63.5 Å². The minimum atomic E-state index is -0.151. The normalized spacial score (nSPS) is 15.8. The summed E-state index contributed by atoms with van der Waals surface area (Å²) in [6.45, 7) is 1.45. The van der Waals surface area contributed by atoms with E-state index < -0.39 is 0 Å². The first-order valence-corrected chi connectivity index (χ1v) is 9.37. The van der Waals surface area contributed by atoms with Crippen LogP contribution in [-0.4, -0.2) is 16.1 Å². The van der Waals surface area contributed by atoms with E-state index in [2.05, 4.69) is 21.2 Å². The van der Waals surface area contributed by atoms with Gasteiger partial charge in [-0.1, -0.05) is 52.0 Å². The van der Waals surface area contributed by atoms with Crippen molar-refractivity contribution in [1.29, 1.82) is 0 Å². The van der Waals surface area contributed by atoms with Crippen molar-refractivity contribution in [2.24, 2.45) is 0 Å². The average Bonchev–Trinajstić information content (AvgIpc) is 2.82. The topological polar surface area (TPSA) is 49.4 Å². The van der Waals surface area contributed by atoms with E-state index in [-0.39, 0.29) is 11.8 Å². The Balaban J connectivity index is 1.85. The number of halogens is 1. The lowest BCUT2D eigenvalue weighted by molar-refractivity contribution is -0.114. The Morgan fingerprint density at radius 3 is 2.60 bits per heavy atom. The molecular weight excluding hydrogens is 420 g/mol. The minimum Gasteiger partial charge on any atom is -0.326 e. The third-order valence-electron chi connectivity index (χ3n) is 3.39. The number of nitrogens with zero attached hydrogens (tertiary/aromatic N) is 1. The molecule has 4 nitrogen and oxygen atoms in total. The number of carbonyl (C=O) groups excluding carboxylic acids is 2. The van der Waals surface area contributed by atoms with Crippen LogP contribution in [-0.2, 0) is 9.59 Å². The van der Waals surface area contributed by atoms with Crippen LogP contribution in [0.2, 0.25) is 0 Å². The third kappa shape index (κ3) is 4.18. The highest BCUT2D eigenvalue weighted by Crippen LogP contribution is 2.36. The average molecular weight is 433 g/mol. The Morgan fingerprint density at radius 1 is 1.24 bits per heavy atom. The fraction of sp³-hybridized carbons (Fsp3) is 0.0556. The van der Waals surface area contributed by atoms with Crippen molar-refractivity contribution in [3.63, 3.8) is 0 Å². The molecule has 2 aromatic carbocycles. The molecule has 25 heavy (non-hydrogen) atoms. The Kier molecular flexibility index (Phi) is 5.36. The summed E-state index contributed by atoms with van der Waals surface area (Å²) in [5, 5.41) is 2.70. The van der Waals surface area contributed by atoms with E-state index in [4.69, 9.17) is 12.2 Å². The predicted octanol–water partition coefficient (Wildman–Crippen LogP) is 4.81. The van der Waals surface area contributed by atoms with Gasteiger partial charge in [-0.3, -0.25) is 14.5 Å². The lowest BCUT2D eigenvalue weighted by Crippen LogP contribution is -2.27. The summed E-state index contributed by atoms with van der Waals surface area (Å²) >= 11 is 10.1. The van der Waals surface area contributed by atoms with Gasteiger partial charge in [0.25, 0.3) is 5.91 Å². The van der Waals surface area contributed by atoms with Crippen molar-refractivity contribution in [2.45, 2.75) is 6.92 Å². The number of hydrogen-bond donors (Lipinski definition) is 1. The van der Waals surface area contributed by atoms with Crippen LogP contribution in [0.5, 0.6) is 0 Å². The Bertz CT molecular complexity index is 894. The van der Waals surface area contributed by atoms with E-state index in [9.17, 15) is 9.59 Å².